The fraction of sp³-hybridized carbons (Fsp3) is 0.842. The van der Waals surface area contributed by atoms with Gasteiger partial charge in [0.25, 0.3) is 0 Å². The van der Waals surface area contributed by atoms with Gasteiger partial charge >= 0.3 is 6.18 Å². The summed E-state index contributed by atoms with van der Waals surface area (Å²) < 4.78 is 74.8. The summed E-state index contributed by atoms with van der Waals surface area (Å²) in [5.41, 5.74) is 0.563. The maximum atomic E-state index is 11.1. The molecule has 0 aliphatic rings. The van der Waals surface area contributed by atoms with E-state index in [-0.39, 0.29) is 25.2 Å². The van der Waals surface area contributed by atoms with Gasteiger partial charge in [-0.3, -0.25) is 9.18 Å². The minimum absolute atomic E-state index is 0.00898. The first-order valence-corrected chi connectivity index (χ1v) is 8.94. The molecule has 0 aromatic heterocycles. The molecule has 0 aliphatic heterocycles. The number of methoxy groups -OCH3 is 1. The first kappa shape index (κ1) is 34.4. The zero-order valence-electron chi connectivity index (χ0n) is 18.0. The van der Waals surface area contributed by atoms with Gasteiger partial charge in [0.15, 0.2) is 5.78 Å². The fourth-order valence-electron chi connectivity index (χ4n) is 0.713. The molecule has 0 spiro atoms. The van der Waals surface area contributed by atoms with Crippen LogP contribution in [0.25, 0.3) is 0 Å². The van der Waals surface area contributed by atoms with Crippen molar-refractivity contribution in [3.05, 3.63) is 12.2 Å². The van der Waals surface area contributed by atoms with E-state index < -0.39 is 19.0 Å². The predicted molar refractivity (Wildman–Crippen MR) is 101 cm³/mol. The molecule has 0 amide bonds. The van der Waals surface area contributed by atoms with Crippen molar-refractivity contribution < 1.29 is 40.6 Å². The number of carbonyl (C=O) groups excluding carboxylic acids is 1. The number of Topliss-reactive ketones (excluding diaryl/α,β-unsaturated/α-hetero) is 1. The molecule has 3 unspecified atom stereocenters. The molecule has 0 N–H and O–H groups in total. The lowest BCUT2D eigenvalue weighted by Crippen LogP contribution is -2.25. The molecule has 0 aromatic rings. The quantitative estimate of drug-likeness (QED) is 0.342. The Morgan fingerprint density at radius 3 is 1.57 bits per heavy atom. The summed E-state index contributed by atoms with van der Waals surface area (Å²) in [5, 5.41) is 0. The van der Waals surface area contributed by atoms with Crippen LogP contribution in [0, 0.1) is 0 Å². The summed E-state index contributed by atoms with van der Waals surface area (Å²) in [6, 6.07) is 0. The monoisotopic (exact) mass is 426 g/mol. The van der Waals surface area contributed by atoms with Gasteiger partial charge in [-0.2, -0.15) is 13.2 Å². The van der Waals surface area contributed by atoms with Crippen LogP contribution in [0.5, 0.6) is 0 Å². The number of ether oxygens (including phenoxy) is 2. The van der Waals surface area contributed by atoms with Gasteiger partial charge < -0.3 is 9.47 Å². The van der Waals surface area contributed by atoms with Crippen molar-refractivity contribution in [1.29, 1.82) is 0 Å². The van der Waals surface area contributed by atoms with Crippen LogP contribution < -0.4 is 0 Å². The maximum absolute atomic E-state index is 11.1. The van der Waals surface area contributed by atoms with Crippen molar-refractivity contribution in [2.45, 2.75) is 78.9 Å². The lowest BCUT2D eigenvalue weighted by atomic mass is 10.2. The van der Waals surface area contributed by atoms with Gasteiger partial charge in [0.05, 0.1) is 18.9 Å². The molecule has 28 heavy (non-hydrogen) atoms. The number of halogens is 6. The molecule has 0 rings (SSSR count). The van der Waals surface area contributed by atoms with Crippen LogP contribution in [0.3, 0.4) is 0 Å². The van der Waals surface area contributed by atoms with Crippen molar-refractivity contribution >= 4 is 5.78 Å². The van der Waals surface area contributed by atoms with Crippen LogP contribution in [0.4, 0.5) is 26.3 Å². The molecule has 0 aliphatic carbocycles. The largest absolute Gasteiger partial charge is 0.422 e. The van der Waals surface area contributed by atoms with Gasteiger partial charge in [0, 0.05) is 7.11 Å². The van der Waals surface area contributed by atoms with Gasteiger partial charge in [-0.15, -0.1) is 0 Å². The van der Waals surface area contributed by atoms with Crippen molar-refractivity contribution in [1.82, 2.24) is 0 Å². The second kappa shape index (κ2) is 22.2. The van der Waals surface area contributed by atoms with Gasteiger partial charge in [0.2, 0.25) is 6.17 Å². The Kier molecular flexibility index (Phi) is 27.3. The smallest absolute Gasteiger partial charge is 0.382 e. The highest BCUT2D eigenvalue weighted by molar-refractivity contribution is 5.95. The number of hydrogen-bond donors (Lipinski definition) is 0. The number of carbonyl (C=O) groups is 1. The number of rotatable bonds is 8. The molecule has 0 saturated carbocycles. The topological polar surface area (TPSA) is 35.5 Å². The lowest BCUT2D eigenvalue weighted by Gasteiger charge is -2.08. The molecule has 172 valence electrons. The van der Waals surface area contributed by atoms with Crippen LogP contribution >= 0.6 is 0 Å². The molecule has 0 radical (unpaired) electrons. The van der Waals surface area contributed by atoms with E-state index in [1.807, 2.05) is 13.8 Å². The minimum atomic E-state index is -5.03. The number of ketones is 1. The second-order valence-electron chi connectivity index (χ2n) is 5.62. The molecule has 3 nitrogen and oxygen atoms in total. The fourth-order valence-corrected chi connectivity index (χ4v) is 0.713. The molecule has 0 aromatic carbocycles. The summed E-state index contributed by atoms with van der Waals surface area (Å²) in [4.78, 5) is 10.9. The minimum Gasteiger partial charge on any atom is -0.382 e. The summed E-state index contributed by atoms with van der Waals surface area (Å²) >= 11 is 0. The Morgan fingerprint density at radius 1 is 1.04 bits per heavy atom. The highest BCUT2D eigenvalue weighted by Gasteiger charge is 2.39. The lowest BCUT2D eigenvalue weighted by molar-refractivity contribution is -0.183. The average Bonchev–Trinajstić information content (AvgIpc) is 2.64. The molecule has 9 heteroatoms. The third kappa shape index (κ3) is 29.7. The third-order valence-corrected chi connectivity index (χ3v) is 3.02. The number of hydrogen-bond acceptors (Lipinski definition) is 3. The van der Waals surface area contributed by atoms with Crippen LogP contribution in [0.1, 0.15) is 54.4 Å². The van der Waals surface area contributed by atoms with E-state index >= 15 is 0 Å². The number of alkyl halides is 6. The molecular formula is C19H36F6O3. The van der Waals surface area contributed by atoms with Crippen LogP contribution in [-0.4, -0.2) is 57.4 Å². The zero-order valence-corrected chi connectivity index (χ0v) is 18.0. The summed E-state index contributed by atoms with van der Waals surface area (Å²) in [7, 11) is 1.73. The van der Waals surface area contributed by atoms with E-state index in [4.69, 9.17) is 9.47 Å². The van der Waals surface area contributed by atoms with E-state index in [0.29, 0.717) is 11.7 Å². The van der Waals surface area contributed by atoms with Gasteiger partial charge in [-0.25, -0.2) is 8.78 Å². The van der Waals surface area contributed by atoms with Crippen LogP contribution in [0.2, 0.25) is 0 Å². The second-order valence-corrected chi connectivity index (χ2v) is 5.62. The predicted octanol–water partition coefficient (Wildman–Crippen LogP) is 6.21. The highest BCUT2D eigenvalue weighted by Crippen LogP contribution is 2.22. The van der Waals surface area contributed by atoms with Crippen molar-refractivity contribution in [2.75, 3.05) is 27.1 Å². The highest BCUT2D eigenvalue weighted by atomic mass is 19.4. The Labute approximate surface area is 165 Å². The van der Waals surface area contributed by atoms with Crippen molar-refractivity contribution in [3.8, 4) is 0 Å². The maximum Gasteiger partial charge on any atom is 0.422 e. The summed E-state index contributed by atoms with van der Waals surface area (Å²) in [5.74, 6) is -0.00898. The third-order valence-electron chi connectivity index (χ3n) is 3.02. The van der Waals surface area contributed by atoms with Crippen LogP contribution in [0.15, 0.2) is 12.2 Å². The molecular weight excluding hydrogens is 390 g/mol. The van der Waals surface area contributed by atoms with Crippen molar-refractivity contribution in [3.63, 3.8) is 0 Å². The van der Waals surface area contributed by atoms with Crippen molar-refractivity contribution in [2.24, 2.45) is 0 Å². The standard InChI is InChI=1S/C9H16O2.C5H12O.C3H3F5.C2H5F/c1-5-8(4)11-6-9(10)7(2)3;1-4-5(2)6-3;4-1-2(5)3(6,7)8;1-2-3/h8H,2,5-6H2,1,3-4H3;5H,4H2,1-3H3;2H,1H2;2H2,1H3. The summed E-state index contributed by atoms with van der Waals surface area (Å²) in [6.45, 7) is 12.7. The van der Waals surface area contributed by atoms with Gasteiger partial charge in [-0.1, -0.05) is 20.4 Å². The normalized spacial score (nSPS) is 13.3. The Bertz CT molecular complexity index is 358. The first-order chi connectivity index (χ1) is 12.8. The van der Waals surface area contributed by atoms with Gasteiger partial charge in [-0.05, 0) is 46.1 Å². The Balaban J connectivity index is -0.000000149. The first-order valence-electron chi connectivity index (χ1n) is 8.94. The van der Waals surface area contributed by atoms with E-state index in [1.165, 1.54) is 6.92 Å². The molecule has 0 saturated heterocycles. The molecule has 3 atom stereocenters. The van der Waals surface area contributed by atoms with E-state index in [0.717, 1.165) is 12.8 Å². The van der Waals surface area contributed by atoms with E-state index in [1.54, 1.807) is 14.0 Å². The van der Waals surface area contributed by atoms with Crippen LogP contribution in [-0.2, 0) is 14.3 Å². The van der Waals surface area contributed by atoms with Gasteiger partial charge in [0.1, 0.15) is 13.3 Å². The van der Waals surface area contributed by atoms with E-state index in [9.17, 15) is 31.1 Å². The Morgan fingerprint density at radius 2 is 1.43 bits per heavy atom. The summed E-state index contributed by atoms with van der Waals surface area (Å²) in [6.07, 6.45) is -5.71. The Hall–Kier alpha value is -1.09. The molecule has 0 fully saturated rings. The SMILES string of the molecule is C=C(C)C(=O)COC(C)CC.CCC(C)OC.CCF.FCC(F)C(F)(F)F. The average molecular weight is 426 g/mol. The molecule has 0 bridgehead atoms. The molecule has 0 heterocycles. The van der Waals surface area contributed by atoms with E-state index in [2.05, 4.69) is 20.4 Å². The zero-order chi connectivity index (χ0) is 23.3.